The molecule has 0 aliphatic heterocycles. The number of nitrogens with one attached hydrogen (secondary N) is 2. The van der Waals surface area contributed by atoms with Gasteiger partial charge in [0.1, 0.15) is 12.3 Å². The molecule has 1 amide bonds. The average Bonchev–Trinajstić information content (AvgIpc) is 2.91. The predicted molar refractivity (Wildman–Crippen MR) is 137 cm³/mol. The van der Waals surface area contributed by atoms with Gasteiger partial charge in [-0.05, 0) is 37.3 Å². The van der Waals surface area contributed by atoms with E-state index in [1.54, 1.807) is 49.6 Å². The highest BCUT2D eigenvalue weighted by Crippen LogP contribution is 2.17. The summed E-state index contributed by atoms with van der Waals surface area (Å²) in [6.07, 6.45) is 0.845. The summed E-state index contributed by atoms with van der Waals surface area (Å²) in [5.74, 6) is 0.389. The Morgan fingerprint density at radius 1 is 0.971 bits per heavy atom. The normalized spacial score (nSPS) is 11.8. The smallest absolute Gasteiger partial charge is 0.279 e. The van der Waals surface area contributed by atoms with Crippen molar-refractivity contribution < 1.29 is 14.4 Å². The van der Waals surface area contributed by atoms with Gasteiger partial charge in [-0.1, -0.05) is 48.5 Å². The van der Waals surface area contributed by atoms with Crippen LogP contribution in [0, 0.1) is 0 Å². The van der Waals surface area contributed by atoms with Gasteiger partial charge in [0.2, 0.25) is 0 Å². The summed E-state index contributed by atoms with van der Waals surface area (Å²) < 4.78 is 6.48. The van der Waals surface area contributed by atoms with Gasteiger partial charge < -0.3 is 15.0 Å². The highest BCUT2D eigenvalue weighted by Gasteiger charge is 2.17. The van der Waals surface area contributed by atoms with Crippen molar-refractivity contribution >= 4 is 16.7 Å². The Balaban J connectivity index is 1.48. The molecule has 0 saturated carbocycles. The zero-order chi connectivity index (χ0) is 24.6. The van der Waals surface area contributed by atoms with Crippen molar-refractivity contribution in [2.45, 2.75) is 19.9 Å². The van der Waals surface area contributed by atoms with Crippen LogP contribution in [0.5, 0.6) is 5.75 Å². The quantitative estimate of drug-likeness (QED) is 0.349. The lowest BCUT2D eigenvalue weighted by molar-refractivity contribution is -0.912. The van der Waals surface area contributed by atoms with E-state index in [0.29, 0.717) is 28.8 Å². The number of methoxy groups -OCH3 is 1. The molecule has 180 valence electrons. The summed E-state index contributed by atoms with van der Waals surface area (Å²) in [4.78, 5) is 27.7. The van der Waals surface area contributed by atoms with Gasteiger partial charge in [0, 0.05) is 23.9 Å². The van der Waals surface area contributed by atoms with Crippen molar-refractivity contribution in [3.63, 3.8) is 0 Å². The first-order chi connectivity index (χ1) is 17.1. The Morgan fingerprint density at radius 3 is 2.34 bits per heavy atom. The van der Waals surface area contributed by atoms with Crippen LogP contribution in [0.3, 0.4) is 0 Å². The number of ether oxygens (including phenoxy) is 1. The molecule has 1 unspecified atom stereocenters. The van der Waals surface area contributed by atoms with Crippen molar-refractivity contribution in [1.29, 1.82) is 0 Å². The summed E-state index contributed by atoms with van der Waals surface area (Å²) >= 11 is 0. The van der Waals surface area contributed by atoms with Crippen molar-refractivity contribution in [2.75, 3.05) is 26.7 Å². The van der Waals surface area contributed by atoms with Crippen molar-refractivity contribution in [3.05, 3.63) is 100 Å². The average molecular weight is 472 g/mol. The van der Waals surface area contributed by atoms with E-state index < -0.39 is 0 Å². The van der Waals surface area contributed by atoms with Crippen LogP contribution in [0.1, 0.15) is 29.4 Å². The summed E-state index contributed by atoms with van der Waals surface area (Å²) in [6.45, 7) is 5.64. The van der Waals surface area contributed by atoms with Crippen molar-refractivity contribution in [1.82, 2.24) is 15.1 Å². The molecule has 0 spiro atoms. The SMILES string of the molecule is CC[NH+](CCCNC(=O)c1nn(-c2ccc(OC)cc2)c(=O)c2ccccc12)Cc1ccccc1. The van der Waals surface area contributed by atoms with Crippen molar-refractivity contribution in [3.8, 4) is 11.4 Å². The third-order valence-electron chi connectivity index (χ3n) is 6.13. The highest BCUT2D eigenvalue weighted by molar-refractivity contribution is 6.04. The van der Waals surface area contributed by atoms with E-state index in [4.69, 9.17) is 4.74 Å². The van der Waals surface area contributed by atoms with Crippen LogP contribution in [-0.4, -0.2) is 42.4 Å². The number of amides is 1. The zero-order valence-electron chi connectivity index (χ0n) is 20.2. The Labute approximate surface area is 205 Å². The highest BCUT2D eigenvalue weighted by atomic mass is 16.5. The summed E-state index contributed by atoms with van der Waals surface area (Å²) in [7, 11) is 1.58. The van der Waals surface area contributed by atoms with Crippen molar-refractivity contribution in [2.24, 2.45) is 0 Å². The number of hydrogen-bond acceptors (Lipinski definition) is 4. The maximum absolute atomic E-state index is 13.1. The molecule has 7 heteroatoms. The van der Waals surface area contributed by atoms with Gasteiger partial charge in [0.15, 0.2) is 5.69 Å². The van der Waals surface area contributed by atoms with Gasteiger partial charge >= 0.3 is 0 Å². The minimum atomic E-state index is -0.287. The largest absolute Gasteiger partial charge is 0.497 e. The topological polar surface area (TPSA) is 77.7 Å². The molecule has 0 aliphatic carbocycles. The minimum Gasteiger partial charge on any atom is -0.497 e. The maximum atomic E-state index is 13.1. The number of nitrogens with zero attached hydrogens (tertiary/aromatic N) is 2. The molecule has 0 aliphatic rings. The van der Waals surface area contributed by atoms with Crippen LogP contribution in [-0.2, 0) is 6.54 Å². The molecule has 4 rings (SSSR count). The molecule has 35 heavy (non-hydrogen) atoms. The number of carbonyl (C=O) groups excluding carboxylic acids is 1. The molecule has 1 atom stereocenters. The van der Waals surface area contributed by atoms with Gasteiger partial charge in [-0.3, -0.25) is 9.59 Å². The lowest BCUT2D eigenvalue weighted by Gasteiger charge is -2.18. The fourth-order valence-corrected chi connectivity index (χ4v) is 4.15. The second kappa shape index (κ2) is 11.4. The van der Waals surface area contributed by atoms with Crippen LogP contribution in [0.2, 0.25) is 0 Å². The van der Waals surface area contributed by atoms with E-state index in [9.17, 15) is 9.59 Å². The third-order valence-corrected chi connectivity index (χ3v) is 6.13. The molecule has 0 fully saturated rings. The van der Waals surface area contributed by atoms with Crippen LogP contribution in [0.15, 0.2) is 83.7 Å². The third kappa shape index (κ3) is 5.75. The van der Waals surface area contributed by atoms with Gasteiger partial charge in [-0.15, -0.1) is 0 Å². The Kier molecular flexibility index (Phi) is 7.90. The van der Waals surface area contributed by atoms with Gasteiger partial charge in [0.25, 0.3) is 11.5 Å². The van der Waals surface area contributed by atoms with E-state index in [1.807, 2.05) is 12.1 Å². The number of rotatable bonds is 10. The first-order valence-corrected chi connectivity index (χ1v) is 11.9. The molecule has 1 aromatic heterocycles. The lowest BCUT2D eigenvalue weighted by Crippen LogP contribution is -3.10. The molecular weight excluding hydrogens is 440 g/mol. The standard InChI is InChI=1S/C28H30N4O3/c1-3-31(20-21-10-5-4-6-11-21)19-9-18-29-27(33)26-24-12-7-8-13-25(24)28(34)32(30-26)22-14-16-23(35-2)17-15-22/h4-8,10-17H,3,9,18-20H2,1-2H3,(H,29,33)/p+1. The van der Waals surface area contributed by atoms with E-state index >= 15 is 0 Å². The Hall–Kier alpha value is -3.97. The Morgan fingerprint density at radius 2 is 1.66 bits per heavy atom. The molecular formula is C28H31N4O3+. The monoisotopic (exact) mass is 471 g/mol. The van der Waals surface area contributed by atoms with Crippen LogP contribution < -0.4 is 20.5 Å². The number of benzene rings is 3. The molecule has 7 nitrogen and oxygen atoms in total. The fraction of sp³-hybridized carbons (Fsp3) is 0.250. The van der Waals surface area contributed by atoms with Gasteiger partial charge in [-0.25, -0.2) is 0 Å². The molecule has 3 aromatic carbocycles. The number of fused-ring (bicyclic) bond motifs is 1. The van der Waals surface area contributed by atoms with Gasteiger partial charge in [0.05, 0.1) is 31.3 Å². The number of aromatic nitrogens is 2. The lowest BCUT2D eigenvalue weighted by atomic mass is 10.1. The van der Waals surface area contributed by atoms with Crippen LogP contribution in [0.25, 0.3) is 16.5 Å². The summed E-state index contributed by atoms with van der Waals surface area (Å²) in [6, 6.07) is 24.5. The maximum Gasteiger partial charge on any atom is 0.279 e. The van der Waals surface area contributed by atoms with E-state index in [1.165, 1.54) is 15.1 Å². The predicted octanol–water partition coefficient (Wildman–Crippen LogP) is 2.62. The molecule has 1 heterocycles. The summed E-state index contributed by atoms with van der Waals surface area (Å²) in [5, 5.41) is 8.46. The minimum absolute atomic E-state index is 0.236. The Bertz CT molecular complexity index is 1330. The molecule has 4 aromatic rings. The molecule has 2 N–H and O–H groups in total. The number of quaternary nitrogens is 1. The van der Waals surface area contributed by atoms with E-state index in [2.05, 4.69) is 41.6 Å². The van der Waals surface area contributed by atoms with E-state index in [0.717, 1.165) is 26.1 Å². The fourth-order valence-electron chi connectivity index (χ4n) is 4.15. The molecule has 0 radical (unpaired) electrons. The van der Waals surface area contributed by atoms with Crippen LogP contribution in [0.4, 0.5) is 0 Å². The first kappa shape index (κ1) is 24.2. The molecule has 0 bridgehead atoms. The number of hydrogen-bond donors (Lipinski definition) is 2. The second-order valence-corrected chi connectivity index (χ2v) is 8.43. The first-order valence-electron chi connectivity index (χ1n) is 11.9. The second-order valence-electron chi connectivity index (χ2n) is 8.43. The molecule has 0 saturated heterocycles. The van der Waals surface area contributed by atoms with Crippen LogP contribution >= 0.6 is 0 Å². The van der Waals surface area contributed by atoms with Gasteiger partial charge in [-0.2, -0.15) is 9.78 Å². The van der Waals surface area contributed by atoms with E-state index in [-0.39, 0.29) is 17.2 Å². The zero-order valence-corrected chi connectivity index (χ0v) is 20.2. The summed E-state index contributed by atoms with van der Waals surface area (Å²) in [5.41, 5.74) is 1.84. The number of carbonyl (C=O) groups is 1.